The minimum atomic E-state index is 0.0183. The van der Waals surface area contributed by atoms with Crippen molar-refractivity contribution < 1.29 is 4.79 Å². The first-order valence-corrected chi connectivity index (χ1v) is 10.6. The lowest BCUT2D eigenvalue weighted by atomic mass is 9.96. The number of benzene rings is 2. The molecule has 5 nitrogen and oxygen atoms in total. The van der Waals surface area contributed by atoms with Crippen molar-refractivity contribution in [1.29, 1.82) is 0 Å². The Kier molecular flexibility index (Phi) is 5.90. The van der Waals surface area contributed by atoms with Gasteiger partial charge in [-0.1, -0.05) is 45.8 Å². The lowest BCUT2D eigenvalue weighted by Crippen LogP contribution is -2.38. The summed E-state index contributed by atoms with van der Waals surface area (Å²) in [5, 5.41) is 11.9. The van der Waals surface area contributed by atoms with Crippen LogP contribution in [0.2, 0.25) is 0 Å². The van der Waals surface area contributed by atoms with Crippen LogP contribution >= 0.6 is 15.9 Å². The van der Waals surface area contributed by atoms with Gasteiger partial charge in [0.2, 0.25) is 5.91 Å². The minimum Gasteiger partial charge on any atom is -0.355 e. The summed E-state index contributed by atoms with van der Waals surface area (Å²) in [5.74, 6) is 0.973. The molecule has 6 heteroatoms. The van der Waals surface area contributed by atoms with Gasteiger partial charge < -0.3 is 10.2 Å². The van der Waals surface area contributed by atoms with Gasteiger partial charge >= 0.3 is 0 Å². The zero-order chi connectivity index (χ0) is 20.2. The summed E-state index contributed by atoms with van der Waals surface area (Å²) in [6.07, 6.45) is 1.61. The van der Waals surface area contributed by atoms with E-state index in [-0.39, 0.29) is 11.8 Å². The highest BCUT2D eigenvalue weighted by atomic mass is 79.9. The van der Waals surface area contributed by atoms with Crippen molar-refractivity contribution in [3.8, 4) is 11.3 Å². The maximum Gasteiger partial charge on any atom is 0.227 e. The van der Waals surface area contributed by atoms with E-state index in [0.717, 1.165) is 53.2 Å². The van der Waals surface area contributed by atoms with Crippen LogP contribution in [0.4, 0.5) is 11.5 Å². The Morgan fingerprint density at radius 1 is 1.03 bits per heavy atom. The number of nitrogens with zero attached hydrogens (tertiary/aromatic N) is 3. The second-order valence-electron chi connectivity index (χ2n) is 7.41. The van der Waals surface area contributed by atoms with Gasteiger partial charge in [0.1, 0.15) is 0 Å². The molecule has 0 aliphatic carbocycles. The summed E-state index contributed by atoms with van der Waals surface area (Å²) >= 11 is 3.43. The third kappa shape index (κ3) is 4.82. The van der Waals surface area contributed by atoms with Crippen LogP contribution in [-0.4, -0.2) is 29.2 Å². The van der Waals surface area contributed by atoms with Crippen molar-refractivity contribution >= 4 is 33.3 Å². The standard InChI is InChI=1S/C23H23BrN4O/c1-16-4-2-5-18(14-16)21-8-9-22(27-26-21)28-12-10-17(11-13-28)23(29)25-20-7-3-6-19(24)15-20/h2-9,14-15,17H,10-13H2,1H3,(H,25,29). The fraction of sp³-hybridized carbons (Fsp3) is 0.261. The van der Waals surface area contributed by atoms with E-state index in [2.05, 4.69) is 55.4 Å². The maximum atomic E-state index is 12.6. The Hall–Kier alpha value is -2.73. The Morgan fingerprint density at radius 3 is 2.52 bits per heavy atom. The summed E-state index contributed by atoms with van der Waals surface area (Å²) in [6.45, 7) is 3.67. The second-order valence-corrected chi connectivity index (χ2v) is 8.32. The maximum absolute atomic E-state index is 12.6. The lowest BCUT2D eigenvalue weighted by Gasteiger charge is -2.31. The van der Waals surface area contributed by atoms with E-state index >= 15 is 0 Å². The molecule has 3 aromatic rings. The Labute approximate surface area is 179 Å². The van der Waals surface area contributed by atoms with Gasteiger partial charge in [-0.15, -0.1) is 10.2 Å². The molecule has 0 spiro atoms. The number of carbonyl (C=O) groups is 1. The molecule has 1 amide bonds. The van der Waals surface area contributed by atoms with Gasteiger partial charge in [-0.25, -0.2) is 0 Å². The number of aromatic nitrogens is 2. The molecule has 0 bridgehead atoms. The number of carbonyl (C=O) groups excluding carboxylic acids is 1. The number of hydrogen-bond donors (Lipinski definition) is 1. The summed E-state index contributed by atoms with van der Waals surface area (Å²) in [4.78, 5) is 14.8. The first-order valence-electron chi connectivity index (χ1n) is 9.80. The van der Waals surface area contributed by atoms with Crippen LogP contribution in [0.25, 0.3) is 11.3 Å². The molecule has 2 aromatic carbocycles. The highest BCUT2D eigenvalue weighted by molar-refractivity contribution is 9.10. The number of hydrogen-bond acceptors (Lipinski definition) is 4. The molecule has 0 saturated carbocycles. The van der Waals surface area contributed by atoms with Crippen LogP contribution in [0.15, 0.2) is 65.1 Å². The Balaban J connectivity index is 1.35. The van der Waals surface area contributed by atoms with Gasteiger partial charge in [-0.3, -0.25) is 4.79 Å². The van der Waals surface area contributed by atoms with Crippen molar-refractivity contribution in [3.05, 3.63) is 70.7 Å². The molecule has 1 aliphatic heterocycles. The van der Waals surface area contributed by atoms with Crippen LogP contribution in [0.1, 0.15) is 18.4 Å². The zero-order valence-corrected chi connectivity index (χ0v) is 17.9. The summed E-state index contributed by atoms with van der Waals surface area (Å²) < 4.78 is 0.956. The van der Waals surface area contributed by atoms with Gasteiger partial charge in [0.25, 0.3) is 0 Å². The fourth-order valence-electron chi connectivity index (χ4n) is 3.63. The molecule has 1 N–H and O–H groups in total. The molecule has 4 rings (SSSR count). The summed E-state index contributed by atoms with van der Waals surface area (Å²) in [5.41, 5.74) is 3.98. The minimum absolute atomic E-state index is 0.0183. The van der Waals surface area contributed by atoms with Crippen LogP contribution in [-0.2, 0) is 4.79 Å². The molecule has 148 valence electrons. The molecule has 0 atom stereocenters. The number of amides is 1. The van der Waals surface area contributed by atoms with E-state index in [9.17, 15) is 4.79 Å². The van der Waals surface area contributed by atoms with Gasteiger partial charge in [0.05, 0.1) is 5.69 Å². The Morgan fingerprint density at radius 2 is 1.83 bits per heavy atom. The highest BCUT2D eigenvalue weighted by Crippen LogP contribution is 2.25. The third-order valence-corrected chi connectivity index (χ3v) is 5.74. The monoisotopic (exact) mass is 450 g/mol. The lowest BCUT2D eigenvalue weighted by molar-refractivity contribution is -0.120. The average Bonchev–Trinajstić information content (AvgIpc) is 2.74. The summed E-state index contributed by atoms with van der Waals surface area (Å²) in [7, 11) is 0. The van der Waals surface area contributed by atoms with Gasteiger partial charge in [0.15, 0.2) is 5.82 Å². The predicted molar refractivity (Wildman–Crippen MR) is 120 cm³/mol. The van der Waals surface area contributed by atoms with E-state index in [4.69, 9.17) is 0 Å². The van der Waals surface area contributed by atoms with Gasteiger partial charge in [0, 0.05) is 34.7 Å². The highest BCUT2D eigenvalue weighted by Gasteiger charge is 2.26. The van der Waals surface area contributed by atoms with Crippen LogP contribution < -0.4 is 10.2 Å². The number of aryl methyl sites for hydroxylation is 1. The smallest absolute Gasteiger partial charge is 0.227 e. The largest absolute Gasteiger partial charge is 0.355 e. The number of piperidine rings is 1. The molecule has 29 heavy (non-hydrogen) atoms. The first kappa shape index (κ1) is 19.6. The molecular formula is C23H23BrN4O. The third-order valence-electron chi connectivity index (χ3n) is 5.25. The van der Waals surface area contributed by atoms with Gasteiger partial charge in [-0.05, 0) is 56.2 Å². The molecule has 0 radical (unpaired) electrons. The zero-order valence-electron chi connectivity index (χ0n) is 16.3. The quantitative estimate of drug-likeness (QED) is 0.602. The van der Waals surface area contributed by atoms with Crippen molar-refractivity contribution in [1.82, 2.24) is 10.2 Å². The number of anilines is 2. The van der Waals surface area contributed by atoms with Crippen LogP contribution in [0.5, 0.6) is 0 Å². The number of rotatable bonds is 4. The van der Waals surface area contributed by atoms with Gasteiger partial charge in [-0.2, -0.15) is 0 Å². The molecule has 1 aromatic heterocycles. The molecule has 0 unspecified atom stereocenters. The summed E-state index contributed by atoms with van der Waals surface area (Å²) in [6, 6.07) is 20.0. The van der Waals surface area contributed by atoms with E-state index in [0.29, 0.717) is 0 Å². The molecule has 1 aliphatic rings. The van der Waals surface area contributed by atoms with E-state index in [1.807, 2.05) is 48.5 Å². The molecule has 1 saturated heterocycles. The normalized spacial score (nSPS) is 14.6. The van der Waals surface area contributed by atoms with Crippen molar-refractivity contribution in [3.63, 3.8) is 0 Å². The number of nitrogens with one attached hydrogen (secondary N) is 1. The molecular weight excluding hydrogens is 428 g/mol. The number of halogens is 1. The predicted octanol–water partition coefficient (Wildman–Crippen LogP) is 5.07. The second kappa shape index (κ2) is 8.74. The van der Waals surface area contributed by atoms with E-state index in [1.54, 1.807) is 0 Å². The van der Waals surface area contributed by atoms with Crippen LogP contribution in [0.3, 0.4) is 0 Å². The van der Waals surface area contributed by atoms with Crippen molar-refractivity contribution in [2.24, 2.45) is 5.92 Å². The van der Waals surface area contributed by atoms with Crippen molar-refractivity contribution in [2.75, 3.05) is 23.3 Å². The van der Waals surface area contributed by atoms with Crippen LogP contribution in [0, 0.1) is 12.8 Å². The SMILES string of the molecule is Cc1cccc(-c2ccc(N3CCC(C(=O)Nc4cccc(Br)c4)CC3)nn2)c1. The topological polar surface area (TPSA) is 58.1 Å². The van der Waals surface area contributed by atoms with Crippen molar-refractivity contribution in [2.45, 2.75) is 19.8 Å². The average molecular weight is 451 g/mol. The first-order chi connectivity index (χ1) is 14.1. The Bertz CT molecular complexity index is 998. The van der Waals surface area contributed by atoms with E-state index < -0.39 is 0 Å². The fourth-order valence-corrected chi connectivity index (χ4v) is 4.03. The molecule has 1 fully saturated rings. The molecule has 2 heterocycles. The van der Waals surface area contributed by atoms with E-state index in [1.165, 1.54) is 5.56 Å².